The molecule has 2 rings (SSSR count). The molecule has 1 atom stereocenters. The van der Waals surface area contributed by atoms with Crippen molar-refractivity contribution in [1.29, 1.82) is 0 Å². The van der Waals surface area contributed by atoms with Gasteiger partial charge in [0.15, 0.2) is 0 Å². The van der Waals surface area contributed by atoms with Crippen molar-refractivity contribution >= 4 is 5.57 Å². The second-order valence-corrected chi connectivity index (χ2v) is 5.26. The molecule has 0 radical (unpaired) electrons. The van der Waals surface area contributed by atoms with Crippen LogP contribution in [-0.2, 0) is 0 Å². The molecular formula is C17H25N. The van der Waals surface area contributed by atoms with Gasteiger partial charge in [-0.25, -0.2) is 0 Å². The topological polar surface area (TPSA) is 3.24 Å². The van der Waals surface area contributed by atoms with E-state index >= 15 is 0 Å². The Labute approximate surface area is 112 Å². The number of nitrogens with zero attached hydrogens (tertiary/aromatic N) is 1. The Balaban J connectivity index is 2.14. The van der Waals surface area contributed by atoms with Gasteiger partial charge in [0.2, 0.25) is 0 Å². The first-order chi connectivity index (χ1) is 8.69. The van der Waals surface area contributed by atoms with Crippen molar-refractivity contribution in [1.82, 2.24) is 4.90 Å². The van der Waals surface area contributed by atoms with E-state index < -0.39 is 0 Å². The van der Waals surface area contributed by atoms with Crippen molar-refractivity contribution in [2.45, 2.75) is 40.0 Å². The molecule has 0 saturated carbocycles. The zero-order valence-electron chi connectivity index (χ0n) is 12.2. The molecule has 1 aromatic rings. The first kappa shape index (κ1) is 13.4. The minimum absolute atomic E-state index is 0.641. The number of fused-ring (bicyclic) bond motifs is 1. The molecule has 1 nitrogen and oxygen atoms in total. The lowest BCUT2D eigenvalue weighted by Gasteiger charge is -2.21. The van der Waals surface area contributed by atoms with Gasteiger partial charge in [-0.15, -0.1) is 0 Å². The second kappa shape index (κ2) is 5.71. The Kier molecular flexibility index (Phi) is 4.23. The molecule has 0 spiro atoms. The molecule has 1 unspecified atom stereocenters. The largest absolute Gasteiger partial charge is 0.304 e. The van der Waals surface area contributed by atoms with Crippen LogP contribution in [0.25, 0.3) is 5.57 Å². The minimum Gasteiger partial charge on any atom is -0.304 e. The van der Waals surface area contributed by atoms with Gasteiger partial charge in [0, 0.05) is 5.92 Å². The van der Waals surface area contributed by atoms with Gasteiger partial charge in [0.05, 0.1) is 0 Å². The van der Waals surface area contributed by atoms with Crippen molar-refractivity contribution in [2.24, 2.45) is 0 Å². The van der Waals surface area contributed by atoms with E-state index in [1.807, 2.05) is 0 Å². The Bertz CT molecular complexity index is 441. The predicted octanol–water partition coefficient (Wildman–Crippen LogP) is 4.31. The molecule has 0 heterocycles. The third-order valence-corrected chi connectivity index (χ3v) is 4.48. The zero-order valence-corrected chi connectivity index (χ0v) is 12.2. The summed E-state index contributed by atoms with van der Waals surface area (Å²) in [5, 5.41) is 0. The molecule has 0 N–H and O–H groups in total. The lowest BCUT2D eigenvalue weighted by Crippen LogP contribution is -2.25. The Morgan fingerprint density at radius 2 is 1.72 bits per heavy atom. The molecule has 1 aromatic carbocycles. The van der Waals surface area contributed by atoms with Gasteiger partial charge >= 0.3 is 0 Å². The van der Waals surface area contributed by atoms with Crippen molar-refractivity contribution in [3.05, 3.63) is 41.0 Å². The van der Waals surface area contributed by atoms with Crippen LogP contribution in [0.5, 0.6) is 0 Å². The Morgan fingerprint density at radius 1 is 1.06 bits per heavy atom. The smallest absolute Gasteiger partial charge is 0.00695 e. The molecular weight excluding hydrogens is 218 g/mol. The average Bonchev–Trinajstić information content (AvgIpc) is 2.65. The van der Waals surface area contributed by atoms with Crippen molar-refractivity contribution in [3.8, 4) is 0 Å². The van der Waals surface area contributed by atoms with E-state index in [9.17, 15) is 0 Å². The number of benzene rings is 1. The number of hydrogen-bond acceptors (Lipinski definition) is 1. The van der Waals surface area contributed by atoms with Gasteiger partial charge in [-0.05, 0) is 56.6 Å². The van der Waals surface area contributed by atoms with E-state index in [1.54, 1.807) is 11.1 Å². The minimum atomic E-state index is 0.641. The van der Waals surface area contributed by atoms with Gasteiger partial charge in [-0.1, -0.05) is 43.7 Å². The van der Waals surface area contributed by atoms with Crippen LogP contribution in [0.2, 0.25) is 0 Å². The molecule has 18 heavy (non-hydrogen) atoms. The van der Waals surface area contributed by atoms with Crippen LogP contribution in [-0.4, -0.2) is 24.5 Å². The van der Waals surface area contributed by atoms with E-state index in [4.69, 9.17) is 0 Å². The summed E-state index contributed by atoms with van der Waals surface area (Å²) in [6, 6.07) is 8.91. The maximum atomic E-state index is 2.52. The highest BCUT2D eigenvalue weighted by Gasteiger charge is 2.25. The molecule has 0 aliphatic heterocycles. The van der Waals surface area contributed by atoms with Crippen LogP contribution >= 0.6 is 0 Å². The summed E-state index contributed by atoms with van der Waals surface area (Å²) in [5.41, 5.74) is 6.08. The van der Waals surface area contributed by atoms with E-state index in [0.29, 0.717) is 5.92 Å². The molecule has 0 saturated heterocycles. The van der Waals surface area contributed by atoms with E-state index in [2.05, 4.69) is 56.9 Å². The zero-order chi connectivity index (χ0) is 13.1. The second-order valence-electron chi connectivity index (χ2n) is 5.26. The summed E-state index contributed by atoms with van der Waals surface area (Å²) in [7, 11) is 0. The quantitative estimate of drug-likeness (QED) is 0.745. The standard InChI is InChI=1S/C17H25N/c1-5-18(6-2)12-11-16-14(4)13(3)15-9-7-8-10-17(15)16/h7-10,16H,5-6,11-12H2,1-4H3. The van der Waals surface area contributed by atoms with Crippen molar-refractivity contribution in [3.63, 3.8) is 0 Å². The first-order valence-corrected chi connectivity index (χ1v) is 7.18. The van der Waals surface area contributed by atoms with Gasteiger partial charge in [0.25, 0.3) is 0 Å². The van der Waals surface area contributed by atoms with Crippen LogP contribution in [0.1, 0.15) is 51.2 Å². The molecule has 1 aliphatic rings. The normalized spacial score (nSPS) is 18.6. The first-order valence-electron chi connectivity index (χ1n) is 7.18. The van der Waals surface area contributed by atoms with Crippen molar-refractivity contribution < 1.29 is 0 Å². The molecule has 1 aliphatic carbocycles. The lowest BCUT2D eigenvalue weighted by molar-refractivity contribution is 0.294. The number of allylic oxidation sites excluding steroid dienone is 2. The fourth-order valence-electron chi connectivity index (χ4n) is 3.07. The summed E-state index contributed by atoms with van der Waals surface area (Å²) in [6.45, 7) is 12.6. The number of rotatable bonds is 5. The van der Waals surface area contributed by atoms with Crippen LogP contribution in [0.3, 0.4) is 0 Å². The van der Waals surface area contributed by atoms with Crippen LogP contribution < -0.4 is 0 Å². The average molecular weight is 243 g/mol. The fourth-order valence-corrected chi connectivity index (χ4v) is 3.07. The highest BCUT2D eigenvalue weighted by molar-refractivity contribution is 5.76. The van der Waals surface area contributed by atoms with Gasteiger partial charge in [-0.3, -0.25) is 0 Å². The molecule has 1 heteroatoms. The highest BCUT2D eigenvalue weighted by Crippen LogP contribution is 2.42. The summed E-state index contributed by atoms with van der Waals surface area (Å²) in [4.78, 5) is 2.52. The maximum Gasteiger partial charge on any atom is 0.00695 e. The molecule has 98 valence electrons. The number of hydrogen-bond donors (Lipinski definition) is 0. The monoisotopic (exact) mass is 243 g/mol. The molecule has 0 bridgehead atoms. The van der Waals surface area contributed by atoms with Gasteiger partial charge < -0.3 is 4.90 Å². The molecule has 0 amide bonds. The molecule has 0 aromatic heterocycles. The third kappa shape index (κ3) is 2.37. The van der Waals surface area contributed by atoms with E-state index in [0.717, 1.165) is 13.1 Å². The maximum absolute atomic E-state index is 2.52. The highest BCUT2D eigenvalue weighted by atomic mass is 15.1. The van der Waals surface area contributed by atoms with Crippen LogP contribution in [0, 0.1) is 0 Å². The third-order valence-electron chi connectivity index (χ3n) is 4.48. The Morgan fingerprint density at radius 3 is 2.39 bits per heavy atom. The molecule has 0 fully saturated rings. The van der Waals surface area contributed by atoms with Gasteiger partial charge in [-0.2, -0.15) is 0 Å². The Hall–Kier alpha value is -1.08. The van der Waals surface area contributed by atoms with Crippen molar-refractivity contribution in [2.75, 3.05) is 19.6 Å². The van der Waals surface area contributed by atoms with Gasteiger partial charge in [0.1, 0.15) is 0 Å². The van der Waals surface area contributed by atoms with Crippen LogP contribution in [0.15, 0.2) is 29.8 Å². The summed E-state index contributed by atoms with van der Waals surface area (Å²) in [6.07, 6.45) is 1.25. The SMILES string of the molecule is CCN(CC)CCC1C(C)=C(C)c2ccccc21. The lowest BCUT2D eigenvalue weighted by atomic mass is 9.93. The van der Waals surface area contributed by atoms with E-state index in [1.165, 1.54) is 24.1 Å². The predicted molar refractivity (Wildman–Crippen MR) is 79.9 cm³/mol. The fraction of sp³-hybridized carbons (Fsp3) is 0.529. The summed E-state index contributed by atoms with van der Waals surface area (Å²) >= 11 is 0. The van der Waals surface area contributed by atoms with E-state index in [-0.39, 0.29) is 0 Å². The summed E-state index contributed by atoms with van der Waals surface area (Å²) < 4.78 is 0. The van der Waals surface area contributed by atoms with Crippen LogP contribution in [0.4, 0.5) is 0 Å². The summed E-state index contributed by atoms with van der Waals surface area (Å²) in [5.74, 6) is 0.641.